The number of rotatable bonds is 11. The van der Waals surface area contributed by atoms with Gasteiger partial charge in [-0.15, -0.1) is 0 Å². The van der Waals surface area contributed by atoms with Gasteiger partial charge >= 0.3 is 0 Å². The summed E-state index contributed by atoms with van der Waals surface area (Å²) in [5, 5.41) is 10.4. The molecule has 1 aromatic heterocycles. The number of aryl methyl sites for hydroxylation is 1. The number of nitrogens with one attached hydrogen (secondary N) is 2. The van der Waals surface area contributed by atoms with Gasteiger partial charge in [0.2, 0.25) is 5.91 Å². The van der Waals surface area contributed by atoms with Crippen LogP contribution in [0.5, 0.6) is 5.75 Å². The third-order valence-corrected chi connectivity index (χ3v) is 5.64. The number of carbonyl (C=O) groups is 1. The van der Waals surface area contributed by atoms with E-state index < -0.39 is 0 Å². The summed E-state index contributed by atoms with van der Waals surface area (Å²) >= 11 is 0. The molecular formula is C25H31FN4O2. The van der Waals surface area contributed by atoms with Crippen LogP contribution in [-0.2, 0) is 17.6 Å². The van der Waals surface area contributed by atoms with Gasteiger partial charge in [0, 0.05) is 17.8 Å². The first-order valence-corrected chi connectivity index (χ1v) is 10.9. The van der Waals surface area contributed by atoms with Crippen LogP contribution >= 0.6 is 0 Å². The molecule has 3 rings (SSSR count). The zero-order valence-electron chi connectivity index (χ0n) is 18.9. The summed E-state index contributed by atoms with van der Waals surface area (Å²) in [6.45, 7) is 3.31. The Bertz CT molecular complexity index is 986. The van der Waals surface area contributed by atoms with E-state index in [4.69, 9.17) is 4.74 Å². The van der Waals surface area contributed by atoms with Crippen molar-refractivity contribution in [2.75, 3.05) is 27.2 Å². The minimum absolute atomic E-state index is 0.0288. The van der Waals surface area contributed by atoms with E-state index in [9.17, 15) is 9.18 Å². The molecule has 0 aliphatic carbocycles. The fraction of sp³-hybridized carbons (Fsp3) is 0.360. The highest BCUT2D eigenvalue weighted by atomic mass is 19.1. The summed E-state index contributed by atoms with van der Waals surface area (Å²) in [7, 11) is 3.61. The Labute approximate surface area is 188 Å². The van der Waals surface area contributed by atoms with Gasteiger partial charge in [-0.1, -0.05) is 12.1 Å². The largest absolute Gasteiger partial charge is 0.497 e. The van der Waals surface area contributed by atoms with E-state index in [0.29, 0.717) is 6.54 Å². The van der Waals surface area contributed by atoms with Crippen molar-refractivity contribution in [1.82, 2.24) is 20.4 Å². The monoisotopic (exact) mass is 438 g/mol. The van der Waals surface area contributed by atoms with Crippen LogP contribution in [0, 0.1) is 5.82 Å². The molecule has 1 unspecified atom stereocenters. The lowest BCUT2D eigenvalue weighted by atomic mass is 10.1. The molecule has 0 spiro atoms. The van der Waals surface area contributed by atoms with Crippen molar-refractivity contribution < 1.29 is 13.9 Å². The van der Waals surface area contributed by atoms with E-state index >= 15 is 0 Å². The second-order valence-electron chi connectivity index (χ2n) is 7.93. The number of benzene rings is 2. The zero-order valence-corrected chi connectivity index (χ0v) is 18.9. The number of carbonyl (C=O) groups excluding carboxylic acids is 1. The molecule has 6 nitrogen and oxygen atoms in total. The average Bonchev–Trinajstić information content (AvgIpc) is 3.28. The van der Waals surface area contributed by atoms with E-state index in [1.807, 2.05) is 44.3 Å². The Morgan fingerprint density at radius 2 is 1.88 bits per heavy atom. The van der Waals surface area contributed by atoms with Crippen molar-refractivity contribution >= 4 is 5.91 Å². The third-order valence-electron chi connectivity index (χ3n) is 5.64. The number of aromatic amines is 1. The number of hydrogen-bond donors (Lipinski definition) is 2. The molecule has 0 aliphatic rings. The Balaban J connectivity index is 1.37. The summed E-state index contributed by atoms with van der Waals surface area (Å²) in [6, 6.07) is 16.0. The van der Waals surface area contributed by atoms with Crippen LogP contribution in [0.4, 0.5) is 4.39 Å². The van der Waals surface area contributed by atoms with Crippen LogP contribution in [0.2, 0.25) is 0 Å². The number of ether oxygens (including phenoxy) is 1. The molecule has 0 radical (unpaired) electrons. The van der Waals surface area contributed by atoms with Gasteiger partial charge in [-0.3, -0.25) is 14.8 Å². The Morgan fingerprint density at radius 3 is 2.56 bits per heavy atom. The predicted octanol–water partition coefficient (Wildman–Crippen LogP) is 3.84. The van der Waals surface area contributed by atoms with Gasteiger partial charge in [-0.05, 0) is 87.8 Å². The maximum absolute atomic E-state index is 13.1. The molecule has 170 valence electrons. The van der Waals surface area contributed by atoms with E-state index in [-0.39, 0.29) is 17.8 Å². The van der Waals surface area contributed by atoms with Gasteiger partial charge in [0.15, 0.2) is 0 Å². The number of likely N-dealkylation sites (N-methyl/N-ethyl adjacent to an activating group) is 1. The van der Waals surface area contributed by atoms with E-state index in [2.05, 4.69) is 20.4 Å². The standard InChI is InChI=1S/C25H31FN4O2/c1-18(25(31)27-15-14-19-6-12-23(32-3)13-7-19)30(2)16-4-5-22-17-24(29-28-22)20-8-10-21(26)11-9-20/h6-13,17-18H,4-5,14-16H2,1-3H3,(H,27,31)(H,28,29). The van der Waals surface area contributed by atoms with Crippen LogP contribution in [0.3, 0.4) is 0 Å². The fourth-order valence-electron chi connectivity index (χ4n) is 3.44. The number of H-pyrrole nitrogens is 1. The smallest absolute Gasteiger partial charge is 0.237 e. The lowest BCUT2D eigenvalue weighted by molar-refractivity contribution is -0.125. The maximum Gasteiger partial charge on any atom is 0.237 e. The summed E-state index contributed by atoms with van der Waals surface area (Å²) < 4.78 is 18.2. The topological polar surface area (TPSA) is 70.2 Å². The number of aromatic nitrogens is 2. The van der Waals surface area contributed by atoms with Crippen molar-refractivity contribution in [3.63, 3.8) is 0 Å². The van der Waals surface area contributed by atoms with Crippen molar-refractivity contribution in [1.29, 1.82) is 0 Å². The third kappa shape index (κ3) is 6.65. The summed E-state index contributed by atoms with van der Waals surface area (Å²) in [5.74, 6) is 0.599. The van der Waals surface area contributed by atoms with Gasteiger partial charge in [0.25, 0.3) is 0 Å². The molecule has 2 N–H and O–H groups in total. The van der Waals surface area contributed by atoms with Crippen molar-refractivity contribution in [3.05, 3.63) is 71.7 Å². The van der Waals surface area contributed by atoms with Crippen LogP contribution in [-0.4, -0.2) is 54.3 Å². The Kier molecular flexibility index (Phi) is 8.39. The maximum atomic E-state index is 13.1. The summed E-state index contributed by atoms with van der Waals surface area (Å²) in [4.78, 5) is 14.5. The highest BCUT2D eigenvalue weighted by molar-refractivity contribution is 5.81. The molecule has 0 aliphatic heterocycles. The molecule has 2 aromatic carbocycles. The molecule has 3 aromatic rings. The molecular weight excluding hydrogens is 407 g/mol. The first-order chi connectivity index (χ1) is 15.5. The molecule has 1 atom stereocenters. The van der Waals surface area contributed by atoms with E-state index in [1.54, 1.807) is 19.2 Å². The lowest BCUT2D eigenvalue weighted by Crippen LogP contribution is -2.44. The number of amides is 1. The molecule has 7 heteroatoms. The minimum atomic E-state index is -0.258. The quantitative estimate of drug-likeness (QED) is 0.477. The number of halogens is 1. The minimum Gasteiger partial charge on any atom is -0.497 e. The van der Waals surface area contributed by atoms with Crippen molar-refractivity contribution in [2.24, 2.45) is 0 Å². The molecule has 0 saturated carbocycles. The van der Waals surface area contributed by atoms with Crippen LogP contribution in [0.25, 0.3) is 11.3 Å². The predicted molar refractivity (Wildman–Crippen MR) is 124 cm³/mol. The van der Waals surface area contributed by atoms with Gasteiger partial charge in [-0.25, -0.2) is 4.39 Å². The zero-order chi connectivity index (χ0) is 22.9. The molecule has 32 heavy (non-hydrogen) atoms. The molecule has 0 saturated heterocycles. The second kappa shape index (κ2) is 11.4. The van der Waals surface area contributed by atoms with Crippen molar-refractivity contribution in [2.45, 2.75) is 32.2 Å². The lowest BCUT2D eigenvalue weighted by Gasteiger charge is -2.23. The number of methoxy groups -OCH3 is 1. The number of hydrogen-bond acceptors (Lipinski definition) is 4. The molecule has 1 amide bonds. The number of nitrogens with zero attached hydrogens (tertiary/aromatic N) is 2. The average molecular weight is 439 g/mol. The van der Waals surface area contributed by atoms with E-state index in [1.165, 1.54) is 12.1 Å². The van der Waals surface area contributed by atoms with Crippen LogP contribution < -0.4 is 10.1 Å². The van der Waals surface area contributed by atoms with Crippen LogP contribution in [0.15, 0.2) is 54.6 Å². The normalized spacial score (nSPS) is 12.0. The van der Waals surface area contributed by atoms with Crippen LogP contribution in [0.1, 0.15) is 24.6 Å². The highest BCUT2D eigenvalue weighted by Gasteiger charge is 2.17. The van der Waals surface area contributed by atoms with Gasteiger partial charge in [-0.2, -0.15) is 5.10 Å². The second-order valence-corrected chi connectivity index (χ2v) is 7.93. The SMILES string of the molecule is COc1ccc(CCNC(=O)C(C)N(C)CCCc2cc(-c3ccc(F)cc3)n[nH]2)cc1. The van der Waals surface area contributed by atoms with E-state index in [0.717, 1.165) is 54.1 Å². The fourth-order valence-corrected chi connectivity index (χ4v) is 3.44. The Morgan fingerprint density at radius 1 is 1.16 bits per heavy atom. The summed E-state index contributed by atoms with van der Waals surface area (Å²) in [6.07, 6.45) is 2.50. The molecule has 0 bridgehead atoms. The molecule has 1 heterocycles. The van der Waals surface area contributed by atoms with Gasteiger partial charge in [0.1, 0.15) is 11.6 Å². The Hall–Kier alpha value is -3.19. The van der Waals surface area contributed by atoms with Gasteiger partial charge in [0.05, 0.1) is 18.8 Å². The highest BCUT2D eigenvalue weighted by Crippen LogP contribution is 2.18. The summed E-state index contributed by atoms with van der Waals surface area (Å²) in [5.41, 5.74) is 3.87. The van der Waals surface area contributed by atoms with Gasteiger partial charge < -0.3 is 10.1 Å². The first-order valence-electron chi connectivity index (χ1n) is 10.9. The molecule has 0 fully saturated rings. The van der Waals surface area contributed by atoms with Crippen molar-refractivity contribution in [3.8, 4) is 17.0 Å². The first kappa shape index (κ1) is 23.5.